The third-order valence-electron chi connectivity index (χ3n) is 0. The van der Waals surface area contributed by atoms with Crippen molar-refractivity contribution in [3.05, 3.63) is 0 Å². The van der Waals surface area contributed by atoms with Crippen LogP contribution in [0.3, 0.4) is 0 Å². The zero-order valence-corrected chi connectivity index (χ0v) is 9.15. The summed E-state index contributed by atoms with van der Waals surface area (Å²) in [7, 11) is 0. The van der Waals surface area contributed by atoms with E-state index in [4.69, 9.17) is 0 Å². The average Bonchev–Trinajstić information content (AvgIpc) is 0. The molecule has 16 N–H and O–H groups in total. The number of hydrogen-bond acceptors (Lipinski definition) is 0. The first kappa shape index (κ1) is 560. The van der Waals surface area contributed by atoms with E-state index in [2.05, 4.69) is 0 Å². The van der Waals surface area contributed by atoms with E-state index in [0.29, 0.717) is 0 Å². The molecule has 0 aromatic carbocycles. The standard InChI is InChI=1S/Ba.8H2O.2H/h;8*1H2;;/q+2;;;;;;;;;2*-1. The minimum atomic E-state index is 0. The first-order chi connectivity index (χ1) is 0. The maximum absolute atomic E-state index is 0. The molecule has 0 aliphatic carbocycles. The average molecular weight is 283 g/mol. The van der Waals surface area contributed by atoms with Crippen LogP contribution in [0.1, 0.15) is 2.85 Å². The Labute approximate surface area is 94.8 Å². The fourth-order valence-electron chi connectivity index (χ4n) is 0. The van der Waals surface area contributed by atoms with Gasteiger partial charge in [-0.15, -0.1) is 0 Å². The van der Waals surface area contributed by atoms with Gasteiger partial charge in [-0.1, -0.05) is 0 Å². The molecule has 0 radical (unpaired) electrons. The third kappa shape index (κ3) is 311. The zero-order valence-electron chi connectivity index (χ0n) is 6.71. The molecule has 0 aliphatic rings. The van der Waals surface area contributed by atoms with Crippen molar-refractivity contribution in [3.63, 3.8) is 0 Å². The van der Waals surface area contributed by atoms with Crippen LogP contribution in [0.2, 0.25) is 0 Å². The normalized spacial score (nSPS) is 0. The molecular formula is H18BaO8. The minimum Gasteiger partial charge on any atom is -1.00 e. The second kappa shape index (κ2) is 402. The Hall–Kier alpha value is 1.25. The molecule has 68 valence electrons. The Kier molecular flexibility index (Phi) is 25000. The summed E-state index contributed by atoms with van der Waals surface area (Å²) in [4.78, 5) is 0. The maximum Gasteiger partial charge on any atom is 2.00 e. The van der Waals surface area contributed by atoms with E-state index >= 15 is 0 Å². The van der Waals surface area contributed by atoms with Crippen molar-refractivity contribution >= 4 is 48.9 Å². The van der Waals surface area contributed by atoms with E-state index in [-0.39, 0.29) is 95.5 Å². The van der Waals surface area contributed by atoms with Crippen LogP contribution >= 0.6 is 0 Å². The third-order valence-corrected chi connectivity index (χ3v) is 0. The summed E-state index contributed by atoms with van der Waals surface area (Å²) in [5, 5.41) is 0. The van der Waals surface area contributed by atoms with Gasteiger partial charge in [0.2, 0.25) is 0 Å². The van der Waals surface area contributed by atoms with E-state index in [1.165, 1.54) is 0 Å². The summed E-state index contributed by atoms with van der Waals surface area (Å²) in [5.74, 6) is 0. The van der Waals surface area contributed by atoms with Crippen LogP contribution in [-0.4, -0.2) is 92.7 Å². The second-order valence-corrected chi connectivity index (χ2v) is 0. The van der Waals surface area contributed by atoms with Crippen molar-refractivity contribution in [2.45, 2.75) is 0 Å². The van der Waals surface area contributed by atoms with Crippen molar-refractivity contribution in [1.29, 1.82) is 0 Å². The predicted molar refractivity (Wildman–Crippen MR) is 36.9 cm³/mol. The molecule has 0 unspecified atom stereocenters. The minimum absolute atomic E-state index is 0. The topological polar surface area (TPSA) is 252 Å². The molecule has 0 amide bonds. The summed E-state index contributed by atoms with van der Waals surface area (Å²) in [5.41, 5.74) is 0. The van der Waals surface area contributed by atoms with Gasteiger partial charge < -0.3 is 46.7 Å². The molecule has 0 saturated carbocycles. The van der Waals surface area contributed by atoms with Gasteiger partial charge in [-0.3, -0.25) is 0 Å². The van der Waals surface area contributed by atoms with Crippen LogP contribution < -0.4 is 0 Å². The summed E-state index contributed by atoms with van der Waals surface area (Å²) in [6.45, 7) is 0. The van der Waals surface area contributed by atoms with Gasteiger partial charge in [0, 0.05) is 0 Å². The molecule has 0 rings (SSSR count). The molecular weight excluding hydrogens is 265 g/mol. The summed E-state index contributed by atoms with van der Waals surface area (Å²) in [6, 6.07) is 0. The van der Waals surface area contributed by atoms with Crippen molar-refractivity contribution in [1.82, 2.24) is 0 Å². The molecule has 9 heavy (non-hydrogen) atoms. The molecule has 8 nitrogen and oxygen atoms in total. The number of hydrogen-bond donors (Lipinski definition) is 0. The second-order valence-electron chi connectivity index (χ2n) is 0. The van der Waals surface area contributed by atoms with Gasteiger partial charge in [-0.2, -0.15) is 0 Å². The summed E-state index contributed by atoms with van der Waals surface area (Å²) >= 11 is 0. The fourth-order valence-corrected chi connectivity index (χ4v) is 0. The summed E-state index contributed by atoms with van der Waals surface area (Å²) < 4.78 is 0. The maximum atomic E-state index is 0. The Balaban J connectivity index is 0. The quantitative estimate of drug-likeness (QED) is 0.375. The van der Waals surface area contributed by atoms with E-state index < -0.39 is 0 Å². The Morgan fingerprint density at radius 1 is 0.333 bits per heavy atom. The fraction of sp³-hybridized carbons (Fsp3) is 0. The Bertz CT molecular complexity index is 12.1. The van der Waals surface area contributed by atoms with E-state index in [1.807, 2.05) is 0 Å². The molecule has 0 saturated heterocycles. The van der Waals surface area contributed by atoms with Gasteiger partial charge in [0.25, 0.3) is 0 Å². The molecule has 0 aromatic rings. The molecule has 0 aliphatic heterocycles. The predicted octanol–water partition coefficient (Wildman–Crippen LogP) is -6.75. The summed E-state index contributed by atoms with van der Waals surface area (Å²) in [6.07, 6.45) is 0. The Morgan fingerprint density at radius 2 is 0.333 bits per heavy atom. The van der Waals surface area contributed by atoms with Gasteiger partial charge in [0.1, 0.15) is 0 Å². The van der Waals surface area contributed by atoms with E-state index in [1.54, 1.807) is 0 Å². The van der Waals surface area contributed by atoms with Crippen LogP contribution in [0.4, 0.5) is 0 Å². The van der Waals surface area contributed by atoms with Gasteiger partial charge in [-0.25, -0.2) is 0 Å². The molecule has 9 heteroatoms. The van der Waals surface area contributed by atoms with Crippen molar-refractivity contribution in [3.8, 4) is 0 Å². The molecule has 0 atom stereocenters. The molecule has 0 fully saturated rings. The van der Waals surface area contributed by atoms with Gasteiger partial charge in [0.05, 0.1) is 0 Å². The number of rotatable bonds is 0. The molecule has 0 spiro atoms. The van der Waals surface area contributed by atoms with Gasteiger partial charge >= 0.3 is 48.9 Å². The van der Waals surface area contributed by atoms with Crippen LogP contribution in [0.25, 0.3) is 0 Å². The zero-order chi connectivity index (χ0) is 0. The smallest absolute Gasteiger partial charge is 1.00 e. The van der Waals surface area contributed by atoms with Crippen molar-refractivity contribution in [2.24, 2.45) is 0 Å². The van der Waals surface area contributed by atoms with Crippen LogP contribution in [0, 0.1) is 0 Å². The van der Waals surface area contributed by atoms with Crippen LogP contribution in [0.5, 0.6) is 0 Å². The Morgan fingerprint density at radius 3 is 0.333 bits per heavy atom. The first-order valence-electron chi connectivity index (χ1n) is 0. The van der Waals surface area contributed by atoms with Crippen LogP contribution in [-0.2, 0) is 0 Å². The largest absolute Gasteiger partial charge is 2.00 e. The van der Waals surface area contributed by atoms with E-state index in [0.717, 1.165) is 0 Å². The van der Waals surface area contributed by atoms with Gasteiger partial charge in [-0.05, 0) is 0 Å². The molecule has 0 heterocycles. The van der Waals surface area contributed by atoms with Crippen molar-refractivity contribution < 1.29 is 46.7 Å². The SMILES string of the molecule is O.O.O.O.O.O.O.O.[Ba+2].[H-].[H-]. The molecule has 0 bridgehead atoms. The van der Waals surface area contributed by atoms with Gasteiger partial charge in [0.15, 0.2) is 0 Å². The molecule has 0 aromatic heterocycles. The first-order valence-corrected chi connectivity index (χ1v) is 0. The van der Waals surface area contributed by atoms with Crippen LogP contribution in [0.15, 0.2) is 0 Å². The van der Waals surface area contributed by atoms with E-state index in [9.17, 15) is 0 Å². The monoisotopic (exact) mass is 284 g/mol. The van der Waals surface area contributed by atoms with Crippen molar-refractivity contribution in [2.75, 3.05) is 0 Å².